The predicted octanol–water partition coefficient (Wildman–Crippen LogP) is 3.83. The SMILES string of the molecule is O=C(NCc1cccnc1OC1CCCC1)C1CC(=O)N(c2ccccc2Br)C1. The van der Waals surface area contributed by atoms with Crippen molar-refractivity contribution in [1.82, 2.24) is 10.3 Å². The molecule has 6 nitrogen and oxygen atoms in total. The highest BCUT2D eigenvalue weighted by molar-refractivity contribution is 9.10. The minimum atomic E-state index is -0.370. The van der Waals surface area contributed by atoms with E-state index in [0.717, 1.165) is 28.6 Å². The van der Waals surface area contributed by atoms with Gasteiger partial charge in [0.15, 0.2) is 0 Å². The molecule has 7 heteroatoms. The first-order valence-corrected chi connectivity index (χ1v) is 10.8. The highest BCUT2D eigenvalue weighted by atomic mass is 79.9. The third-order valence-corrected chi connectivity index (χ3v) is 6.19. The summed E-state index contributed by atoms with van der Waals surface area (Å²) in [6.07, 6.45) is 6.62. The molecule has 2 aromatic rings. The van der Waals surface area contributed by atoms with Gasteiger partial charge in [-0.2, -0.15) is 0 Å². The highest BCUT2D eigenvalue weighted by Gasteiger charge is 2.35. The first-order valence-electron chi connectivity index (χ1n) is 10.0. The highest BCUT2D eigenvalue weighted by Crippen LogP contribution is 2.31. The lowest BCUT2D eigenvalue weighted by atomic mass is 10.1. The van der Waals surface area contributed by atoms with Crippen molar-refractivity contribution < 1.29 is 14.3 Å². The van der Waals surface area contributed by atoms with Crippen molar-refractivity contribution >= 4 is 33.4 Å². The van der Waals surface area contributed by atoms with Crippen LogP contribution >= 0.6 is 15.9 Å². The lowest BCUT2D eigenvalue weighted by molar-refractivity contribution is -0.126. The van der Waals surface area contributed by atoms with Crippen LogP contribution < -0.4 is 15.0 Å². The predicted molar refractivity (Wildman–Crippen MR) is 114 cm³/mol. The fourth-order valence-electron chi connectivity index (χ4n) is 3.94. The summed E-state index contributed by atoms with van der Waals surface area (Å²) >= 11 is 3.48. The molecule has 1 unspecified atom stereocenters. The van der Waals surface area contributed by atoms with Crippen LogP contribution in [0, 0.1) is 5.92 Å². The first-order chi connectivity index (χ1) is 14.1. The molecule has 4 rings (SSSR count). The van der Waals surface area contributed by atoms with Crippen molar-refractivity contribution in [3.05, 3.63) is 52.6 Å². The molecule has 1 saturated carbocycles. The van der Waals surface area contributed by atoms with E-state index in [1.807, 2.05) is 36.4 Å². The van der Waals surface area contributed by atoms with Crippen LogP contribution in [0.4, 0.5) is 5.69 Å². The lowest BCUT2D eigenvalue weighted by Crippen LogP contribution is -2.33. The Morgan fingerprint density at radius 1 is 1.21 bits per heavy atom. The molecule has 29 heavy (non-hydrogen) atoms. The van der Waals surface area contributed by atoms with E-state index in [2.05, 4.69) is 26.2 Å². The van der Waals surface area contributed by atoms with Crippen LogP contribution in [0.3, 0.4) is 0 Å². The van der Waals surface area contributed by atoms with Crippen molar-refractivity contribution in [1.29, 1.82) is 0 Å². The van der Waals surface area contributed by atoms with Gasteiger partial charge in [0.1, 0.15) is 6.10 Å². The number of hydrogen-bond acceptors (Lipinski definition) is 4. The molecule has 0 radical (unpaired) electrons. The van der Waals surface area contributed by atoms with Crippen molar-refractivity contribution in [2.75, 3.05) is 11.4 Å². The van der Waals surface area contributed by atoms with Gasteiger partial charge in [0.25, 0.3) is 0 Å². The van der Waals surface area contributed by atoms with E-state index in [0.29, 0.717) is 19.0 Å². The number of nitrogens with one attached hydrogen (secondary N) is 1. The summed E-state index contributed by atoms with van der Waals surface area (Å²) < 4.78 is 6.89. The fourth-order valence-corrected chi connectivity index (χ4v) is 4.44. The molecule has 1 aromatic carbocycles. The maximum Gasteiger partial charge on any atom is 0.227 e. The van der Waals surface area contributed by atoms with Gasteiger partial charge >= 0.3 is 0 Å². The summed E-state index contributed by atoms with van der Waals surface area (Å²) in [5, 5.41) is 2.96. The third kappa shape index (κ3) is 4.61. The molecule has 0 spiro atoms. The molecule has 1 N–H and O–H groups in total. The van der Waals surface area contributed by atoms with Gasteiger partial charge in [0.05, 0.1) is 11.6 Å². The molecular formula is C22H24BrN3O3. The van der Waals surface area contributed by atoms with Crippen molar-refractivity contribution in [2.45, 2.75) is 44.8 Å². The zero-order valence-corrected chi connectivity index (χ0v) is 17.7. The van der Waals surface area contributed by atoms with E-state index in [-0.39, 0.29) is 30.3 Å². The van der Waals surface area contributed by atoms with Crippen LogP contribution in [0.25, 0.3) is 0 Å². The zero-order chi connectivity index (χ0) is 20.2. The van der Waals surface area contributed by atoms with Gasteiger partial charge in [-0.25, -0.2) is 4.98 Å². The van der Waals surface area contributed by atoms with Crippen LogP contribution in [-0.2, 0) is 16.1 Å². The quantitative estimate of drug-likeness (QED) is 0.715. The maximum absolute atomic E-state index is 12.7. The summed E-state index contributed by atoms with van der Waals surface area (Å²) in [6, 6.07) is 11.3. The number of rotatable bonds is 6. The van der Waals surface area contributed by atoms with Gasteiger partial charge in [-0.15, -0.1) is 0 Å². The number of benzene rings is 1. The standard InChI is InChI=1S/C22H24BrN3O3/c23-18-9-3-4-10-19(18)26-14-16(12-20(26)27)21(28)25-13-15-6-5-11-24-22(15)29-17-7-1-2-8-17/h3-6,9-11,16-17H,1-2,7-8,12-14H2,(H,25,28). The average Bonchev–Trinajstić information content (AvgIpc) is 3.37. The number of carbonyl (C=O) groups is 2. The van der Waals surface area contributed by atoms with E-state index in [1.54, 1.807) is 11.1 Å². The molecule has 2 amide bonds. The van der Waals surface area contributed by atoms with Gasteiger partial charge in [-0.3, -0.25) is 9.59 Å². The van der Waals surface area contributed by atoms with Crippen LogP contribution in [0.2, 0.25) is 0 Å². The number of ether oxygens (including phenoxy) is 1. The summed E-state index contributed by atoms with van der Waals surface area (Å²) in [5.41, 5.74) is 1.66. The Labute approximate surface area is 178 Å². The first kappa shape index (κ1) is 19.9. The Balaban J connectivity index is 1.37. The number of pyridine rings is 1. The van der Waals surface area contributed by atoms with Gasteiger partial charge < -0.3 is 15.0 Å². The van der Waals surface area contributed by atoms with E-state index in [4.69, 9.17) is 4.74 Å². The van der Waals surface area contributed by atoms with Gasteiger partial charge in [-0.1, -0.05) is 18.2 Å². The van der Waals surface area contributed by atoms with Crippen LogP contribution in [0.15, 0.2) is 47.1 Å². The minimum Gasteiger partial charge on any atom is -0.474 e. The molecule has 1 atom stereocenters. The van der Waals surface area contributed by atoms with Crippen molar-refractivity contribution in [3.8, 4) is 5.88 Å². The molecular weight excluding hydrogens is 434 g/mol. The largest absolute Gasteiger partial charge is 0.474 e. The molecule has 1 aromatic heterocycles. The second-order valence-corrected chi connectivity index (χ2v) is 8.42. The van der Waals surface area contributed by atoms with Gasteiger partial charge in [0, 0.05) is 35.7 Å². The average molecular weight is 458 g/mol. The number of aromatic nitrogens is 1. The number of halogens is 1. The van der Waals surface area contributed by atoms with Gasteiger partial charge in [-0.05, 0) is 59.8 Å². The molecule has 2 aliphatic rings. The molecule has 0 bridgehead atoms. The molecule has 152 valence electrons. The van der Waals surface area contributed by atoms with Crippen molar-refractivity contribution in [3.63, 3.8) is 0 Å². The summed E-state index contributed by atoms with van der Waals surface area (Å²) in [6.45, 7) is 0.722. The molecule has 1 aliphatic carbocycles. The monoisotopic (exact) mass is 457 g/mol. The molecule has 2 fully saturated rings. The number of nitrogens with zero attached hydrogens (tertiary/aromatic N) is 2. The summed E-state index contributed by atoms with van der Waals surface area (Å²) in [5.74, 6) is 0.0646. The number of anilines is 1. The number of hydrogen-bond donors (Lipinski definition) is 1. The maximum atomic E-state index is 12.7. The second kappa shape index (κ2) is 8.95. The Bertz CT molecular complexity index is 898. The zero-order valence-electron chi connectivity index (χ0n) is 16.1. The summed E-state index contributed by atoms with van der Waals surface area (Å²) in [4.78, 5) is 31.2. The molecule has 2 heterocycles. The number of para-hydroxylation sites is 1. The van der Waals surface area contributed by atoms with E-state index >= 15 is 0 Å². The molecule has 1 saturated heterocycles. The number of amides is 2. The van der Waals surface area contributed by atoms with Crippen molar-refractivity contribution in [2.24, 2.45) is 5.92 Å². The topological polar surface area (TPSA) is 71.5 Å². The van der Waals surface area contributed by atoms with Crippen LogP contribution in [0.5, 0.6) is 5.88 Å². The Hall–Kier alpha value is -2.41. The van der Waals surface area contributed by atoms with Crippen LogP contribution in [-0.4, -0.2) is 29.4 Å². The Kier molecular flexibility index (Phi) is 6.13. The van der Waals surface area contributed by atoms with E-state index in [9.17, 15) is 9.59 Å². The number of carbonyl (C=O) groups excluding carboxylic acids is 2. The summed E-state index contributed by atoms with van der Waals surface area (Å²) in [7, 11) is 0. The minimum absolute atomic E-state index is 0.0383. The third-order valence-electron chi connectivity index (χ3n) is 5.52. The van der Waals surface area contributed by atoms with E-state index in [1.165, 1.54) is 12.8 Å². The fraction of sp³-hybridized carbons (Fsp3) is 0.409. The Morgan fingerprint density at radius 2 is 2.00 bits per heavy atom. The van der Waals surface area contributed by atoms with Gasteiger partial charge in [0.2, 0.25) is 17.7 Å². The Morgan fingerprint density at radius 3 is 2.79 bits per heavy atom. The normalized spacial score (nSPS) is 19.6. The second-order valence-electron chi connectivity index (χ2n) is 7.57. The van der Waals surface area contributed by atoms with E-state index < -0.39 is 0 Å². The smallest absolute Gasteiger partial charge is 0.227 e. The van der Waals surface area contributed by atoms with Crippen LogP contribution in [0.1, 0.15) is 37.7 Å². The molecule has 1 aliphatic heterocycles. The lowest BCUT2D eigenvalue weighted by Gasteiger charge is -2.18.